The van der Waals surface area contributed by atoms with Gasteiger partial charge in [-0.05, 0) is 47.3 Å². The molecule has 0 spiro atoms. The van der Waals surface area contributed by atoms with Crippen molar-refractivity contribution in [2.45, 2.75) is 0 Å². The highest BCUT2D eigenvalue weighted by Gasteiger charge is 2.13. The minimum atomic E-state index is -0.417. The Morgan fingerprint density at radius 2 is 2.00 bits per heavy atom. The molecule has 0 atom stereocenters. The molecule has 0 radical (unpaired) electrons. The molecule has 132 valence electrons. The fourth-order valence-corrected chi connectivity index (χ4v) is 2.90. The van der Waals surface area contributed by atoms with E-state index in [-0.39, 0.29) is 0 Å². The molecule has 0 aliphatic carbocycles. The number of benzene rings is 2. The van der Waals surface area contributed by atoms with Gasteiger partial charge in [0.1, 0.15) is 4.88 Å². The summed E-state index contributed by atoms with van der Waals surface area (Å²) in [6, 6.07) is 16.0. The number of carbonyl (C=O) groups excluding carboxylic acids is 1. The maximum absolute atomic E-state index is 12.1. The first-order chi connectivity index (χ1) is 12.7. The standard InChI is InChI=1S/C19H15ClN2O3S/c1-24-17-11-13(12-21-22-15-6-3-2-5-14(15)20)8-9-16(17)25-19(23)18-7-4-10-26-18/h2-12,22H,1H3. The van der Waals surface area contributed by atoms with Crippen LogP contribution in [0.3, 0.4) is 0 Å². The highest BCUT2D eigenvalue weighted by Crippen LogP contribution is 2.29. The van der Waals surface area contributed by atoms with Crippen LogP contribution in [0.25, 0.3) is 0 Å². The highest BCUT2D eigenvalue weighted by molar-refractivity contribution is 7.12. The van der Waals surface area contributed by atoms with E-state index >= 15 is 0 Å². The van der Waals surface area contributed by atoms with Crippen molar-refractivity contribution < 1.29 is 14.3 Å². The van der Waals surface area contributed by atoms with E-state index in [1.807, 2.05) is 23.6 Å². The third kappa shape index (κ3) is 4.41. The van der Waals surface area contributed by atoms with Crippen molar-refractivity contribution in [2.75, 3.05) is 12.5 Å². The highest BCUT2D eigenvalue weighted by atomic mass is 35.5. The van der Waals surface area contributed by atoms with Crippen molar-refractivity contribution in [3.05, 3.63) is 75.4 Å². The van der Waals surface area contributed by atoms with Gasteiger partial charge in [-0.2, -0.15) is 5.10 Å². The van der Waals surface area contributed by atoms with Crippen LogP contribution < -0.4 is 14.9 Å². The lowest BCUT2D eigenvalue weighted by atomic mass is 10.2. The molecule has 0 unspecified atom stereocenters. The summed E-state index contributed by atoms with van der Waals surface area (Å²) < 4.78 is 10.7. The van der Waals surface area contributed by atoms with Gasteiger partial charge in [0, 0.05) is 0 Å². The lowest BCUT2D eigenvalue weighted by Crippen LogP contribution is -2.07. The van der Waals surface area contributed by atoms with Crippen LogP contribution in [-0.4, -0.2) is 19.3 Å². The number of hydrazone groups is 1. The van der Waals surface area contributed by atoms with E-state index in [1.165, 1.54) is 18.4 Å². The second kappa shape index (κ2) is 8.51. The average molecular weight is 387 g/mol. The number of nitrogens with one attached hydrogen (secondary N) is 1. The number of para-hydroxylation sites is 1. The quantitative estimate of drug-likeness (QED) is 0.278. The van der Waals surface area contributed by atoms with Gasteiger partial charge in [0.25, 0.3) is 0 Å². The van der Waals surface area contributed by atoms with Gasteiger partial charge in [-0.15, -0.1) is 11.3 Å². The SMILES string of the molecule is COc1cc(C=NNc2ccccc2Cl)ccc1OC(=O)c1cccs1. The fourth-order valence-electron chi connectivity index (χ4n) is 2.12. The molecular weight excluding hydrogens is 372 g/mol. The number of ether oxygens (including phenoxy) is 2. The molecule has 7 heteroatoms. The Labute approximate surface area is 159 Å². The van der Waals surface area contributed by atoms with E-state index in [0.29, 0.717) is 27.1 Å². The Bertz CT molecular complexity index is 926. The topological polar surface area (TPSA) is 59.9 Å². The third-order valence-corrected chi connectivity index (χ3v) is 4.56. The van der Waals surface area contributed by atoms with Gasteiger partial charge in [0.2, 0.25) is 0 Å². The van der Waals surface area contributed by atoms with Gasteiger partial charge in [-0.25, -0.2) is 4.79 Å². The number of esters is 1. The van der Waals surface area contributed by atoms with Gasteiger partial charge in [-0.3, -0.25) is 5.43 Å². The monoisotopic (exact) mass is 386 g/mol. The van der Waals surface area contributed by atoms with E-state index in [2.05, 4.69) is 10.5 Å². The van der Waals surface area contributed by atoms with Crippen molar-refractivity contribution in [3.8, 4) is 11.5 Å². The second-order valence-corrected chi connectivity index (χ2v) is 6.48. The summed E-state index contributed by atoms with van der Waals surface area (Å²) >= 11 is 7.38. The zero-order valence-corrected chi connectivity index (χ0v) is 15.4. The normalized spacial score (nSPS) is 10.7. The van der Waals surface area contributed by atoms with E-state index in [9.17, 15) is 4.79 Å². The molecule has 2 aromatic carbocycles. The molecule has 0 saturated carbocycles. The largest absolute Gasteiger partial charge is 0.493 e. The van der Waals surface area contributed by atoms with Gasteiger partial charge in [-0.1, -0.05) is 29.8 Å². The summed E-state index contributed by atoms with van der Waals surface area (Å²) in [7, 11) is 1.51. The van der Waals surface area contributed by atoms with Gasteiger partial charge in [0.15, 0.2) is 11.5 Å². The number of halogens is 1. The Morgan fingerprint density at radius 3 is 2.73 bits per heavy atom. The average Bonchev–Trinajstić information content (AvgIpc) is 3.19. The van der Waals surface area contributed by atoms with Gasteiger partial charge in [0.05, 0.1) is 24.0 Å². The second-order valence-electron chi connectivity index (χ2n) is 5.13. The minimum absolute atomic E-state index is 0.349. The molecule has 1 aromatic heterocycles. The first-order valence-corrected chi connectivity index (χ1v) is 8.90. The van der Waals surface area contributed by atoms with E-state index in [4.69, 9.17) is 21.1 Å². The maximum atomic E-state index is 12.1. The molecule has 0 saturated heterocycles. The van der Waals surface area contributed by atoms with Crippen LogP contribution in [0, 0.1) is 0 Å². The molecule has 3 rings (SSSR count). The van der Waals surface area contributed by atoms with Gasteiger partial charge >= 0.3 is 5.97 Å². The smallest absolute Gasteiger partial charge is 0.353 e. The van der Waals surface area contributed by atoms with Gasteiger partial charge < -0.3 is 9.47 Å². The predicted octanol–water partition coefficient (Wildman–Crippen LogP) is 5.08. The molecule has 1 N–H and O–H groups in total. The minimum Gasteiger partial charge on any atom is -0.493 e. The molecule has 0 fully saturated rings. The summed E-state index contributed by atoms with van der Waals surface area (Å²) in [5.74, 6) is 0.374. The van der Waals surface area contributed by atoms with Crippen molar-refractivity contribution in [1.29, 1.82) is 0 Å². The molecule has 1 heterocycles. The van der Waals surface area contributed by atoms with Crippen LogP contribution in [-0.2, 0) is 0 Å². The van der Waals surface area contributed by atoms with E-state index < -0.39 is 5.97 Å². The summed E-state index contributed by atoms with van der Waals surface area (Å²) in [5, 5.41) is 6.56. The summed E-state index contributed by atoms with van der Waals surface area (Å²) in [4.78, 5) is 12.6. The Balaban J connectivity index is 1.71. The number of hydrogen-bond acceptors (Lipinski definition) is 6. The van der Waals surface area contributed by atoms with Crippen molar-refractivity contribution in [1.82, 2.24) is 0 Å². The summed E-state index contributed by atoms with van der Waals surface area (Å²) in [6.45, 7) is 0. The number of thiophene rings is 1. The van der Waals surface area contributed by atoms with E-state index in [0.717, 1.165) is 5.56 Å². The maximum Gasteiger partial charge on any atom is 0.353 e. The number of methoxy groups -OCH3 is 1. The summed E-state index contributed by atoms with van der Waals surface area (Å²) in [5.41, 5.74) is 4.36. The molecule has 26 heavy (non-hydrogen) atoms. The lowest BCUT2D eigenvalue weighted by Gasteiger charge is -2.09. The van der Waals surface area contributed by atoms with Crippen molar-refractivity contribution >= 4 is 40.8 Å². The number of anilines is 1. The molecule has 0 aliphatic rings. The van der Waals surface area contributed by atoms with E-state index in [1.54, 1.807) is 42.6 Å². The molecule has 3 aromatic rings. The molecule has 0 aliphatic heterocycles. The molecule has 0 amide bonds. The van der Waals surface area contributed by atoms with Crippen molar-refractivity contribution in [2.24, 2.45) is 5.10 Å². The summed E-state index contributed by atoms with van der Waals surface area (Å²) in [6.07, 6.45) is 1.62. The first kappa shape index (κ1) is 18.0. The van der Waals surface area contributed by atoms with Crippen LogP contribution in [0.2, 0.25) is 5.02 Å². The zero-order chi connectivity index (χ0) is 18.4. The Kier molecular flexibility index (Phi) is 5.88. The Hall–Kier alpha value is -2.83. The fraction of sp³-hybridized carbons (Fsp3) is 0.0526. The van der Waals surface area contributed by atoms with Crippen LogP contribution in [0.4, 0.5) is 5.69 Å². The van der Waals surface area contributed by atoms with Crippen LogP contribution >= 0.6 is 22.9 Å². The number of carbonyl (C=O) groups is 1. The third-order valence-electron chi connectivity index (χ3n) is 3.39. The number of rotatable bonds is 6. The first-order valence-electron chi connectivity index (χ1n) is 7.64. The number of nitrogens with zero attached hydrogens (tertiary/aromatic N) is 1. The number of hydrogen-bond donors (Lipinski definition) is 1. The molecule has 0 bridgehead atoms. The molecular formula is C19H15ClN2O3S. The lowest BCUT2D eigenvalue weighted by molar-refractivity contribution is 0.0735. The zero-order valence-electron chi connectivity index (χ0n) is 13.8. The molecule has 5 nitrogen and oxygen atoms in total. The predicted molar refractivity (Wildman–Crippen MR) is 105 cm³/mol. The Morgan fingerprint density at radius 1 is 1.15 bits per heavy atom. The van der Waals surface area contributed by atoms with Crippen LogP contribution in [0.5, 0.6) is 11.5 Å². The van der Waals surface area contributed by atoms with Crippen LogP contribution in [0.1, 0.15) is 15.2 Å². The van der Waals surface area contributed by atoms with Crippen molar-refractivity contribution in [3.63, 3.8) is 0 Å². The van der Waals surface area contributed by atoms with Crippen LogP contribution in [0.15, 0.2) is 65.1 Å².